The van der Waals surface area contributed by atoms with Gasteiger partial charge in [-0.25, -0.2) is 0 Å². The molecule has 0 heterocycles. The van der Waals surface area contributed by atoms with Gasteiger partial charge in [-0.05, 0) is 61.3 Å². The van der Waals surface area contributed by atoms with E-state index >= 15 is 0 Å². The second kappa shape index (κ2) is 11.8. The standard InChI is InChI=1S/C22H26N4/c23-15-19-7-5-9-21(13-19)17-25-11-3-1-2-4-12-26-18-22-10-6-8-20(14-22)16-24/h5-10,13-14,25-26H,1-4,11-12,17-18H2. The number of nitriles is 2. The van der Waals surface area contributed by atoms with Crippen LogP contribution in [0.5, 0.6) is 0 Å². The number of nitrogens with zero attached hydrogens (tertiary/aromatic N) is 2. The van der Waals surface area contributed by atoms with E-state index in [1.54, 1.807) is 0 Å². The maximum absolute atomic E-state index is 8.89. The molecule has 134 valence electrons. The molecule has 0 fully saturated rings. The summed E-state index contributed by atoms with van der Waals surface area (Å²) in [5.74, 6) is 0. The van der Waals surface area contributed by atoms with Crippen molar-refractivity contribution in [1.82, 2.24) is 10.6 Å². The molecule has 0 aliphatic heterocycles. The number of benzene rings is 2. The fourth-order valence-corrected chi connectivity index (χ4v) is 2.82. The fourth-order valence-electron chi connectivity index (χ4n) is 2.82. The maximum atomic E-state index is 8.89. The number of hydrogen-bond donors (Lipinski definition) is 2. The second-order valence-electron chi connectivity index (χ2n) is 6.39. The number of rotatable bonds is 11. The summed E-state index contributed by atoms with van der Waals surface area (Å²) < 4.78 is 0. The Bertz CT molecular complexity index is 690. The predicted molar refractivity (Wildman–Crippen MR) is 104 cm³/mol. The van der Waals surface area contributed by atoms with E-state index in [-0.39, 0.29) is 0 Å². The lowest BCUT2D eigenvalue weighted by Crippen LogP contribution is -2.16. The topological polar surface area (TPSA) is 71.6 Å². The van der Waals surface area contributed by atoms with Gasteiger partial charge in [0.2, 0.25) is 0 Å². The zero-order valence-electron chi connectivity index (χ0n) is 15.2. The van der Waals surface area contributed by atoms with Gasteiger partial charge in [0.05, 0.1) is 23.3 Å². The first-order chi connectivity index (χ1) is 12.8. The Morgan fingerprint density at radius 1 is 0.654 bits per heavy atom. The molecule has 4 heteroatoms. The molecule has 2 rings (SSSR count). The van der Waals surface area contributed by atoms with E-state index in [2.05, 4.69) is 22.8 Å². The Hall–Kier alpha value is -2.66. The Labute approximate surface area is 156 Å². The van der Waals surface area contributed by atoms with Gasteiger partial charge in [0.1, 0.15) is 0 Å². The van der Waals surface area contributed by atoms with Gasteiger partial charge < -0.3 is 10.6 Å². The van der Waals surface area contributed by atoms with Crippen LogP contribution in [0.25, 0.3) is 0 Å². The van der Waals surface area contributed by atoms with Crippen molar-refractivity contribution in [3.05, 3.63) is 70.8 Å². The maximum Gasteiger partial charge on any atom is 0.0991 e. The lowest BCUT2D eigenvalue weighted by molar-refractivity contribution is 0.563. The first-order valence-electron chi connectivity index (χ1n) is 9.21. The average molecular weight is 346 g/mol. The van der Waals surface area contributed by atoms with E-state index in [0.29, 0.717) is 0 Å². The Balaban J connectivity index is 1.46. The Kier molecular flexibility index (Phi) is 8.94. The van der Waals surface area contributed by atoms with Crippen LogP contribution in [-0.2, 0) is 13.1 Å². The minimum absolute atomic E-state index is 0.719. The lowest BCUT2D eigenvalue weighted by Gasteiger charge is -2.07. The summed E-state index contributed by atoms with van der Waals surface area (Å²) >= 11 is 0. The van der Waals surface area contributed by atoms with Crippen LogP contribution in [-0.4, -0.2) is 13.1 Å². The third-order valence-electron chi connectivity index (χ3n) is 4.23. The van der Waals surface area contributed by atoms with Gasteiger partial charge in [-0.1, -0.05) is 37.1 Å². The van der Waals surface area contributed by atoms with Gasteiger partial charge in [0, 0.05) is 13.1 Å². The van der Waals surface area contributed by atoms with Gasteiger partial charge in [0.15, 0.2) is 0 Å². The largest absolute Gasteiger partial charge is 0.313 e. The Morgan fingerprint density at radius 2 is 1.12 bits per heavy atom. The molecule has 0 aliphatic carbocycles. The van der Waals surface area contributed by atoms with Crippen molar-refractivity contribution in [1.29, 1.82) is 10.5 Å². The van der Waals surface area contributed by atoms with E-state index in [1.807, 2.05) is 48.5 Å². The average Bonchev–Trinajstić information content (AvgIpc) is 2.69. The summed E-state index contributed by atoms with van der Waals surface area (Å²) in [5, 5.41) is 24.7. The molecular weight excluding hydrogens is 320 g/mol. The van der Waals surface area contributed by atoms with Crippen LogP contribution in [0, 0.1) is 22.7 Å². The summed E-state index contributed by atoms with van der Waals surface area (Å²) in [6.45, 7) is 3.65. The molecule has 2 N–H and O–H groups in total. The number of nitrogens with one attached hydrogen (secondary N) is 2. The van der Waals surface area contributed by atoms with Crippen LogP contribution in [0.4, 0.5) is 0 Å². The summed E-state index contributed by atoms with van der Waals surface area (Å²) in [7, 11) is 0. The van der Waals surface area contributed by atoms with E-state index in [4.69, 9.17) is 10.5 Å². The molecule has 0 atom stereocenters. The van der Waals surface area contributed by atoms with Crippen LogP contribution >= 0.6 is 0 Å². The zero-order chi connectivity index (χ0) is 18.5. The monoisotopic (exact) mass is 346 g/mol. The van der Waals surface area contributed by atoms with Crippen molar-refractivity contribution in [3.63, 3.8) is 0 Å². The SMILES string of the molecule is N#Cc1cccc(CNCCCCCCNCc2cccc(C#N)c2)c1. The molecule has 0 unspecified atom stereocenters. The highest BCUT2D eigenvalue weighted by molar-refractivity contribution is 5.33. The first-order valence-corrected chi connectivity index (χ1v) is 9.21. The molecule has 0 spiro atoms. The molecule has 0 radical (unpaired) electrons. The molecule has 2 aromatic carbocycles. The van der Waals surface area contributed by atoms with Crippen molar-refractivity contribution < 1.29 is 0 Å². The van der Waals surface area contributed by atoms with E-state index in [9.17, 15) is 0 Å². The van der Waals surface area contributed by atoms with E-state index in [0.717, 1.165) is 48.4 Å². The van der Waals surface area contributed by atoms with Crippen LogP contribution < -0.4 is 10.6 Å². The van der Waals surface area contributed by atoms with E-state index < -0.39 is 0 Å². The van der Waals surface area contributed by atoms with Crippen molar-refractivity contribution in [2.45, 2.75) is 38.8 Å². The van der Waals surface area contributed by atoms with Crippen molar-refractivity contribution in [2.75, 3.05) is 13.1 Å². The molecule has 0 bridgehead atoms. The second-order valence-corrected chi connectivity index (χ2v) is 6.39. The van der Waals surface area contributed by atoms with Crippen LogP contribution in [0.1, 0.15) is 47.9 Å². The summed E-state index contributed by atoms with van der Waals surface area (Å²) in [5.41, 5.74) is 3.76. The van der Waals surface area contributed by atoms with Crippen molar-refractivity contribution in [3.8, 4) is 12.1 Å². The minimum atomic E-state index is 0.719. The van der Waals surface area contributed by atoms with Crippen LogP contribution in [0.2, 0.25) is 0 Å². The highest BCUT2D eigenvalue weighted by Gasteiger charge is 1.97. The molecule has 0 aromatic heterocycles. The van der Waals surface area contributed by atoms with Gasteiger partial charge >= 0.3 is 0 Å². The zero-order valence-corrected chi connectivity index (χ0v) is 15.2. The summed E-state index contributed by atoms with van der Waals surface area (Å²) in [6, 6.07) is 19.8. The van der Waals surface area contributed by atoms with Gasteiger partial charge in [-0.15, -0.1) is 0 Å². The number of unbranched alkanes of at least 4 members (excludes halogenated alkanes) is 3. The summed E-state index contributed by atoms with van der Waals surface area (Å²) in [4.78, 5) is 0. The molecule has 0 aliphatic rings. The van der Waals surface area contributed by atoms with Gasteiger partial charge in [0.25, 0.3) is 0 Å². The smallest absolute Gasteiger partial charge is 0.0991 e. The molecule has 26 heavy (non-hydrogen) atoms. The van der Waals surface area contributed by atoms with Gasteiger partial charge in [-0.2, -0.15) is 10.5 Å². The number of hydrogen-bond acceptors (Lipinski definition) is 4. The first kappa shape index (κ1) is 19.7. The van der Waals surface area contributed by atoms with Crippen molar-refractivity contribution >= 4 is 0 Å². The molecular formula is C22H26N4. The predicted octanol–water partition coefficient (Wildman–Crippen LogP) is 3.87. The third kappa shape index (κ3) is 7.49. The Morgan fingerprint density at radius 3 is 1.54 bits per heavy atom. The fraction of sp³-hybridized carbons (Fsp3) is 0.364. The molecule has 0 saturated carbocycles. The third-order valence-corrected chi connectivity index (χ3v) is 4.23. The van der Waals surface area contributed by atoms with Crippen molar-refractivity contribution in [2.24, 2.45) is 0 Å². The quantitative estimate of drug-likeness (QED) is 0.606. The summed E-state index contributed by atoms with van der Waals surface area (Å²) in [6.07, 6.45) is 4.78. The minimum Gasteiger partial charge on any atom is -0.313 e. The normalized spacial score (nSPS) is 10.2. The molecule has 4 nitrogen and oxygen atoms in total. The van der Waals surface area contributed by atoms with Crippen LogP contribution in [0.3, 0.4) is 0 Å². The molecule has 0 amide bonds. The van der Waals surface area contributed by atoms with E-state index in [1.165, 1.54) is 25.7 Å². The highest BCUT2D eigenvalue weighted by atomic mass is 14.8. The van der Waals surface area contributed by atoms with Crippen LogP contribution in [0.15, 0.2) is 48.5 Å². The molecule has 2 aromatic rings. The van der Waals surface area contributed by atoms with Gasteiger partial charge in [-0.3, -0.25) is 0 Å². The lowest BCUT2D eigenvalue weighted by atomic mass is 10.1. The highest BCUT2D eigenvalue weighted by Crippen LogP contribution is 2.05. The molecule has 0 saturated heterocycles.